The predicted molar refractivity (Wildman–Crippen MR) is 70.5 cm³/mol. The van der Waals surface area contributed by atoms with Crippen LogP contribution in [0.15, 0.2) is 17.1 Å². The Morgan fingerprint density at radius 1 is 1.62 bits per heavy atom. The Hall–Kier alpha value is -1.01. The first-order valence-electron chi connectivity index (χ1n) is 5.47. The minimum Gasteiger partial charge on any atom is -0.342 e. The Morgan fingerprint density at radius 2 is 2.25 bits per heavy atom. The van der Waals surface area contributed by atoms with Crippen LogP contribution in [-0.2, 0) is 6.54 Å². The normalized spacial score (nSPS) is 12.2. The third-order valence-corrected chi connectivity index (χ3v) is 3.81. The standard InChI is InChI=1S/C13H17BrN2/c1-5-7-16-10(4)11(8-15)12(14)13(16)9(3)6-2/h5,9H,1,6-7H2,2-4H3. The van der Waals surface area contributed by atoms with Crippen molar-refractivity contribution in [3.63, 3.8) is 0 Å². The van der Waals surface area contributed by atoms with E-state index in [2.05, 4.69) is 47.0 Å². The van der Waals surface area contributed by atoms with Gasteiger partial charge in [0.25, 0.3) is 0 Å². The van der Waals surface area contributed by atoms with Crippen molar-refractivity contribution in [1.29, 1.82) is 5.26 Å². The van der Waals surface area contributed by atoms with Gasteiger partial charge in [0.2, 0.25) is 0 Å². The van der Waals surface area contributed by atoms with Gasteiger partial charge in [-0.1, -0.05) is 19.9 Å². The SMILES string of the molecule is C=CCn1c(C)c(C#N)c(Br)c1C(C)CC. The predicted octanol–water partition coefficient (Wildman–Crippen LogP) is 4.13. The average molecular weight is 281 g/mol. The first-order chi connectivity index (χ1) is 7.58. The molecule has 0 aliphatic rings. The van der Waals surface area contributed by atoms with Crippen molar-refractivity contribution in [2.75, 3.05) is 0 Å². The van der Waals surface area contributed by atoms with Gasteiger partial charge in [0.05, 0.1) is 10.0 Å². The first kappa shape index (κ1) is 13.1. The zero-order chi connectivity index (χ0) is 12.3. The van der Waals surface area contributed by atoms with Crippen LogP contribution >= 0.6 is 15.9 Å². The van der Waals surface area contributed by atoms with Crippen LogP contribution in [0, 0.1) is 18.3 Å². The van der Waals surface area contributed by atoms with E-state index in [1.807, 2.05) is 13.0 Å². The van der Waals surface area contributed by atoms with Gasteiger partial charge in [-0.15, -0.1) is 6.58 Å². The fourth-order valence-electron chi connectivity index (χ4n) is 1.89. The molecule has 1 aromatic rings. The monoisotopic (exact) mass is 280 g/mol. The minimum atomic E-state index is 0.440. The summed E-state index contributed by atoms with van der Waals surface area (Å²) in [6.07, 6.45) is 2.93. The van der Waals surface area contributed by atoms with E-state index >= 15 is 0 Å². The molecule has 16 heavy (non-hydrogen) atoms. The van der Waals surface area contributed by atoms with Gasteiger partial charge in [-0.3, -0.25) is 0 Å². The molecule has 0 aliphatic carbocycles. The second-order valence-corrected chi connectivity index (χ2v) is 4.77. The van der Waals surface area contributed by atoms with E-state index in [1.165, 1.54) is 5.69 Å². The highest BCUT2D eigenvalue weighted by Crippen LogP contribution is 2.34. The zero-order valence-electron chi connectivity index (χ0n) is 10.0. The Kier molecular flexibility index (Phi) is 4.37. The van der Waals surface area contributed by atoms with Gasteiger partial charge in [0.15, 0.2) is 0 Å². The molecule has 86 valence electrons. The molecule has 0 spiro atoms. The molecule has 0 saturated carbocycles. The Morgan fingerprint density at radius 3 is 2.69 bits per heavy atom. The Labute approximate surface area is 106 Å². The quantitative estimate of drug-likeness (QED) is 0.763. The Balaban J connectivity index is 3.44. The molecule has 0 aliphatic heterocycles. The highest BCUT2D eigenvalue weighted by molar-refractivity contribution is 9.10. The molecule has 0 N–H and O–H groups in total. The van der Waals surface area contributed by atoms with Crippen LogP contribution < -0.4 is 0 Å². The lowest BCUT2D eigenvalue weighted by Crippen LogP contribution is -2.06. The van der Waals surface area contributed by atoms with E-state index in [0.717, 1.165) is 28.7 Å². The molecule has 0 amide bonds. The van der Waals surface area contributed by atoms with Crippen LogP contribution in [-0.4, -0.2) is 4.57 Å². The summed E-state index contributed by atoms with van der Waals surface area (Å²) in [6, 6.07) is 2.26. The molecule has 0 bridgehead atoms. The number of hydrogen-bond donors (Lipinski definition) is 0. The molecule has 3 heteroatoms. The maximum atomic E-state index is 9.14. The minimum absolute atomic E-state index is 0.440. The lowest BCUT2D eigenvalue weighted by molar-refractivity contribution is 0.634. The van der Waals surface area contributed by atoms with Crippen LogP contribution in [0.1, 0.15) is 43.1 Å². The van der Waals surface area contributed by atoms with Crippen LogP contribution in [0.3, 0.4) is 0 Å². The fraction of sp³-hybridized carbons (Fsp3) is 0.462. The molecule has 1 aromatic heterocycles. The van der Waals surface area contributed by atoms with Crippen molar-refractivity contribution in [1.82, 2.24) is 4.57 Å². The summed E-state index contributed by atoms with van der Waals surface area (Å²) in [6.45, 7) is 10.8. The van der Waals surface area contributed by atoms with Crippen LogP contribution in [0.5, 0.6) is 0 Å². The largest absolute Gasteiger partial charge is 0.342 e. The van der Waals surface area contributed by atoms with Crippen molar-refractivity contribution >= 4 is 15.9 Å². The molecular weight excluding hydrogens is 264 g/mol. The summed E-state index contributed by atoms with van der Waals surface area (Å²) < 4.78 is 3.12. The Bertz CT molecular complexity index is 438. The molecule has 0 fully saturated rings. The van der Waals surface area contributed by atoms with E-state index in [9.17, 15) is 0 Å². The van der Waals surface area contributed by atoms with Crippen LogP contribution in [0.4, 0.5) is 0 Å². The summed E-state index contributed by atoms with van der Waals surface area (Å²) in [4.78, 5) is 0. The van der Waals surface area contributed by atoms with E-state index < -0.39 is 0 Å². The lowest BCUT2D eigenvalue weighted by atomic mass is 10.0. The fourth-order valence-corrected chi connectivity index (χ4v) is 2.87. The zero-order valence-corrected chi connectivity index (χ0v) is 11.6. The van der Waals surface area contributed by atoms with Gasteiger partial charge >= 0.3 is 0 Å². The van der Waals surface area contributed by atoms with Gasteiger partial charge in [-0.05, 0) is 35.2 Å². The van der Waals surface area contributed by atoms with E-state index in [4.69, 9.17) is 5.26 Å². The molecule has 0 radical (unpaired) electrons. The summed E-state index contributed by atoms with van der Waals surface area (Å²) in [5.74, 6) is 0.440. The molecule has 1 rings (SSSR count). The van der Waals surface area contributed by atoms with Gasteiger partial charge in [0.1, 0.15) is 6.07 Å². The summed E-state index contributed by atoms with van der Waals surface area (Å²) in [5, 5.41) is 9.14. The highest BCUT2D eigenvalue weighted by Gasteiger charge is 2.20. The van der Waals surface area contributed by atoms with Crippen molar-refractivity contribution < 1.29 is 0 Å². The summed E-state index contributed by atoms with van der Waals surface area (Å²) in [7, 11) is 0. The second kappa shape index (κ2) is 5.36. The van der Waals surface area contributed by atoms with Crippen molar-refractivity contribution in [3.8, 4) is 6.07 Å². The molecule has 1 atom stereocenters. The summed E-state index contributed by atoms with van der Waals surface area (Å²) in [5.41, 5.74) is 2.97. The number of halogens is 1. The van der Waals surface area contributed by atoms with Gasteiger partial charge in [-0.25, -0.2) is 0 Å². The number of hydrogen-bond acceptors (Lipinski definition) is 1. The first-order valence-corrected chi connectivity index (χ1v) is 6.27. The van der Waals surface area contributed by atoms with Crippen molar-refractivity contribution in [2.45, 2.75) is 39.7 Å². The third-order valence-electron chi connectivity index (χ3n) is 3.00. The molecular formula is C13H17BrN2. The third kappa shape index (κ3) is 2.08. The molecule has 1 heterocycles. The topological polar surface area (TPSA) is 28.7 Å². The molecule has 2 nitrogen and oxygen atoms in total. The molecule has 0 saturated heterocycles. The lowest BCUT2D eigenvalue weighted by Gasteiger charge is -2.14. The number of nitrogens with zero attached hydrogens (tertiary/aromatic N) is 2. The molecule has 1 unspecified atom stereocenters. The maximum absolute atomic E-state index is 9.14. The number of nitriles is 1. The van der Waals surface area contributed by atoms with Crippen molar-refractivity contribution in [3.05, 3.63) is 34.1 Å². The summed E-state index contributed by atoms with van der Waals surface area (Å²) >= 11 is 3.55. The van der Waals surface area contributed by atoms with Gasteiger partial charge < -0.3 is 4.57 Å². The number of rotatable bonds is 4. The molecule has 0 aromatic carbocycles. The second-order valence-electron chi connectivity index (χ2n) is 3.98. The van der Waals surface area contributed by atoms with E-state index in [-0.39, 0.29) is 0 Å². The highest BCUT2D eigenvalue weighted by atomic mass is 79.9. The smallest absolute Gasteiger partial charge is 0.102 e. The van der Waals surface area contributed by atoms with Crippen molar-refractivity contribution in [2.24, 2.45) is 0 Å². The van der Waals surface area contributed by atoms with Gasteiger partial charge in [0, 0.05) is 17.9 Å². The maximum Gasteiger partial charge on any atom is 0.102 e. The van der Waals surface area contributed by atoms with Crippen LogP contribution in [0.2, 0.25) is 0 Å². The van der Waals surface area contributed by atoms with Gasteiger partial charge in [-0.2, -0.15) is 5.26 Å². The number of aromatic nitrogens is 1. The number of allylic oxidation sites excluding steroid dienone is 1. The van der Waals surface area contributed by atoms with E-state index in [0.29, 0.717) is 5.92 Å². The van der Waals surface area contributed by atoms with Crippen LogP contribution in [0.25, 0.3) is 0 Å². The average Bonchev–Trinajstić information content (AvgIpc) is 2.50. The van der Waals surface area contributed by atoms with E-state index in [1.54, 1.807) is 0 Å².